The van der Waals surface area contributed by atoms with Crippen molar-refractivity contribution in [2.75, 3.05) is 18.6 Å². The molecule has 1 atom stereocenters. The maximum absolute atomic E-state index is 12.6. The second-order valence-corrected chi connectivity index (χ2v) is 8.96. The fourth-order valence-corrected chi connectivity index (χ4v) is 4.19. The second-order valence-electron chi connectivity index (χ2n) is 6.77. The molecule has 1 amide bonds. The minimum Gasteiger partial charge on any atom is -0.484 e. The number of ether oxygens (including phenoxy) is 1. The third-order valence-electron chi connectivity index (χ3n) is 4.33. The molecule has 0 aliphatic heterocycles. The summed E-state index contributed by atoms with van der Waals surface area (Å²) >= 11 is 0. The fourth-order valence-electron chi connectivity index (χ4n) is 3.16. The lowest BCUT2D eigenvalue weighted by Gasteiger charge is -2.29. The molecule has 134 valence electrons. The monoisotopic (exact) mass is 361 g/mol. The quantitative estimate of drug-likeness (QED) is 0.760. The van der Waals surface area contributed by atoms with Crippen LogP contribution >= 0.6 is 0 Å². The van der Waals surface area contributed by atoms with Crippen LogP contribution in [-0.2, 0) is 14.6 Å². The molecule has 1 aliphatic carbocycles. The van der Waals surface area contributed by atoms with Crippen molar-refractivity contribution >= 4 is 26.5 Å². The van der Waals surface area contributed by atoms with Gasteiger partial charge in [0.1, 0.15) is 15.6 Å². The smallest absolute Gasteiger partial charge is 0.261 e. The minimum absolute atomic E-state index is 0.0226. The molecule has 0 radical (unpaired) electrons. The molecule has 25 heavy (non-hydrogen) atoms. The van der Waals surface area contributed by atoms with Gasteiger partial charge in [-0.15, -0.1) is 0 Å². The molecule has 5 nitrogen and oxygen atoms in total. The molecule has 1 saturated carbocycles. The van der Waals surface area contributed by atoms with Gasteiger partial charge in [-0.25, -0.2) is 8.42 Å². The first-order chi connectivity index (χ1) is 11.8. The summed E-state index contributed by atoms with van der Waals surface area (Å²) in [6, 6.07) is 13.5. The first-order valence-corrected chi connectivity index (χ1v) is 10.5. The van der Waals surface area contributed by atoms with Crippen LogP contribution in [0.5, 0.6) is 5.75 Å². The molecule has 2 aromatic carbocycles. The minimum atomic E-state index is -3.13. The number of fused-ring (bicyclic) bond motifs is 1. The van der Waals surface area contributed by atoms with E-state index >= 15 is 0 Å². The van der Waals surface area contributed by atoms with Crippen LogP contribution in [0.2, 0.25) is 0 Å². The number of hydrogen-bond donors (Lipinski definition) is 0. The highest BCUT2D eigenvalue weighted by Crippen LogP contribution is 2.29. The van der Waals surface area contributed by atoms with Crippen LogP contribution in [0.4, 0.5) is 0 Å². The summed E-state index contributed by atoms with van der Waals surface area (Å²) in [4.78, 5) is 14.3. The van der Waals surface area contributed by atoms with Gasteiger partial charge in [0.15, 0.2) is 6.61 Å². The number of hydrogen-bond acceptors (Lipinski definition) is 4. The molecule has 1 aliphatic rings. The van der Waals surface area contributed by atoms with Crippen molar-refractivity contribution < 1.29 is 17.9 Å². The first kappa shape index (κ1) is 17.7. The molecule has 1 unspecified atom stereocenters. The van der Waals surface area contributed by atoms with Crippen LogP contribution in [0.25, 0.3) is 10.8 Å². The summed E-state index contributed by atoms with van der Waals surface area (Å²) in [6.45, 7) is 1.70. The van der Waals surface area contributed by atoms with Crippen LogP contribution in [0.1, 0.15) is 19.8 Å². The Labute approximate surface area is 148 Å². The highest BCUT2D eigenvalue weighted by Gasteiger charge is 2.36. The molecule has 0 heterocycles. The Hall–Kier alpha value is -2.08. The number of carbonyl (C=O) groups excluding carboxylic acids is 1. The third kappa shape index (κ3) is 4.72. The molecule has 2 aromatic rings. The van der Waals surface area contributed by atoms with Crippen LogP contribution in [0, 0.1) is 0 Å². The van der Waals surface area contributed by atoms with E-state index in [1.54, 1.807) is 11.8 Å². The number of amides is 1. The summed E-state index contributed by atoms with van der Waals surface area (Å²) in [5.74, 6) is 0.455. The van der Waals surface area contributed by atoms with Gasteiger partial charge in [-0.1, -0.05) is 30.3 Å². The number of nitrogens with zero attached hydrogens (tertiary/aromatic N) is 1. The Morgan fingerprint density at radius 3 is 2.52 bits per heavy atom. The Morgan fingerprint density at radius 1 is 1.20 bits per heavy atom. The van der Waals surface area contributed by atoms with E-state index in [1.807, 2.05) is 42.5 Å². The average molecular weight is 361 g/mol. The van der Waals surface area contributed by atoms with Gasteiger partial charge < -0.3 is 9.64 Å². The van der Waals surface area contributed by atoms with Gasteiger partial charge in [-0.05, 0) is 42.7 Å². The van der Waals surface area contributed by atoms with Gasteiger partial charge in [0.2, 0.25) is 0 Å². The molecule has 0 N–H and O–H groups in total. The standard InChI is InChI=1S/C19H23NO4S/c1-14(13-25(2,22)23)20(17-8-9-17)19(21)12-24-18-10-7-15-5-3-4-6-16(15)11-18/h3-7,10-11,14,17H,8-9,12-13H2,1-2H3. The Morgan fingerprint density at radius 2 is 1.88 bits per heavy atom. The molecule has 0 aromatic heterocycles. The Kier molecular flexibility index (Phi) is 4.99. The van der Waals surface area contributed by atoms with E-state index in [4.69, 9.17) is 4.74 Å². The molecular formula is C19H23NO4S. The molecular weight excluding hydrogens is 338 g/mol. The molecule has 1 fully saturated rings. The Bertz CT molecular complexity index is 874. The number of benzene rings is 2. The van der Waals surface area contributed by atoms with Crippen LogP contribution < -0.4 is 4.74 Å². The van der Waals surface area contributed by atoms with Crippen LogP contribution in [0.3, 0.4) is 0 Å². The van der Waals surface area contributed by atoms with Crippen LogP contribution in [0.15, 0.2) is 42.5 Å². The lowest BCUT2D eigenvalue weighted by Crippen LogP contribution is -2.45. The van der Waals surface area contributed by atoms with Crippen molar-refractivity contribution in [3.05, 3.63) is 42.5 Å². The van der Waals surface area contributed by atoms with E-state index in [9.17, 15) is 13.2 Å². The van der Waals surface area contributed by atoms with E-state index in [1.165, 1.54) is 6.26 Å². The predicted octanol–water partition coefficient (Wildman–Crippen LogP) is 2.64. The molecule has 0 saturated heterocycles. The van der Waals surface area contributed by atoms with E-state index in [0.29, 0.717) is 5.75 Å². The van der Waals surface area contributed by atoms with Crippen molar-refractivity contribution in [3.63, 3.8) is 0 Å². The van der Waals surface area contributed by atoms with E-state index in [2.05, 4.69) is 0 Å². The normalized spacial score (nSPS) is 15.8. The van der Waals surface area contributed by atoms with Gasteiger partial charge in [0.25, 0.3) is 5.91 Å². The van der Waals surface area contributed by atoms with E-state index in [0.717, 1.165) is 23.6 Å². The summed E-state index contributed by atoms with van der Waals surface area (Å²) < 4.78 is 28.8. The number of carbonyl (C=O) groups is 1. The lowest BCUT2D eigenvalue weighted by molar-refractivity contribution is -0.135. The zero-order valence-corrected chi connectivity index (χ0v) is 15.3. The van der Waals surface area contributed by atoms with E-state index < -0.39 is 9.84 Å². The highest BCUT2D eigenvalue weighted by molar-refractivity contribution is 7.90. The maximum atomic E-state index is 12.6. The van der Waals surface area contributed by atoms with E-state index in [-0.39, 0.29) is 30.4 Å². The van der Waals surface area contributed by atoms with Gasteiger partial charge in [-0.3, -0.25) is 4.79 Å². The van der Waals surface area contributed by atoms with Crippen molar-refractivity contribution in [2.24, 2.45) is 0 Å². The van der Waals surface area contributed by atoms with Gasteiger partial charge in [0, 0.05) is 18.3 Å². The van der Waals surface area contributed by atoms with Crippen molar-refractivity contribution in [1.82, 2.24) is 4.90 Å². The number of sulfone groups is 1. The predicted molar refractivity (Wildman–Crippen MR) is 98.5 cm³/mol. The zero-order valence-electron chi connectivity index (χ0n) is 14.5. The van der Waals surface area contributed by atoms with Crippen molar-refractivity contribution in [1.29, 1.82) is 0 Å². The summed E-state index contributed by atoms with van der Waals surface area (Å²) in [7, 11) is -3.13. The molecule has 6 heteroatoms. The average Bonchev–Trinajstić information content (AvgIpc) is 3.36. The van der Waals surface area contributed by atoms with Gasteiger partial charge in [0.05, 0.1) is 5.75 Å². The summed E-state index contributed by atoms with van der Waals surface area (Å²) in [5, 5.41) is 2.17. The van der Waals surface area contributed by atoms with Gasteiger partial charge >= 0.3 is 0 Å². The Balaban J connectivity index is 1.66. The largest absolute Gasteiger partial charge is 0.484 e. The molecule has 3 rings (SSSR count). The second kappa shape index (κ2) is 7.04. The van der Waals surface area contributed by atoms with Crippen molar-refractivity contribution in [3.8, 4) is 5.75 Å². The van der Waals surface area contributed by atoms with Gasteiger partial charge in [-0.2, -0.15) is 0 Å². The molecule has 0 bridgehead atoms. The summed E-state index contributed by atoms with van der Waals surface area (Å²) in [6.07, 6.45) is 3.05. The van der Waals surface area contributed by atoms with Crippen LogP contribution in [-0.4, -0.2) is 49.9 Å². The first-order valence-electron chi connectivity index (χ1n) is 8.44. The maximum Gasteiger partial charge on any atom is 0.261 e. The topological polar surface area (TPSA) is 63.7 Å². The SMILES string of the molecule is CC(CS(C)(=O)=O)N(C(=O)COc1ccc2ccccc2c1)C1CC1. The fraction of sp³-hybridized carbons (Fsp3) is 0.421. The summed E-state index contributed by atoms with van der Waals surface area (Å²) in [5.41, 5.74) is 0. The third-order valence-corrected chi connectivity index (χ3v) is 5.42. The zero-order chi connectivity index (χ0) is 18.0. The number of rotatable bonds is 7. The highest BCUT2D eigenvalue weighted by atomic mass is 32.2. The molecule has 0 spiro atoms. The lowest BCUT2D eigenvalue weighted by atomic mass is 10.1. The van der Waals surface area contributed by atoms with Crippen molar-refractivity contribution in [2.45, 2.75) is 31.8 Å².